The second kappa shape index (κ2) is 61.4. The van der Waals surface area contributed by atoms with Crippen LogP contribution in [0, 0.1) is 0 Å². The van der Waals surface area contributed by atoms with Crippen LogP contribution in [0.2, 0.25) is 0 Å². The molecule has 0 aromatic carbocycles. The smallest absolute Gasteiger partial charge is 0.305 e. The van der Waals surface area contributed by atoms with E-state index < -0.39 is 12.1 Å². The third-order valence-electron chi connectivity index (χ3n) is 15.7. The number of carbonyl (C=O) groups is 2. The molecule has 6 heteroatoms. The highest BCUT2D eigenvalue weighted by molar-refractivity contribution is 5.76. The molecule has 0 aromatic heterocycles. The molecule has 0 heterocycles. The summed E-state index contributed by atoms with van der Waals surface area (Å²) in [5.41, 5.74) is 0. The fraction of sp³-hybridized carbons (Fsp3) is 0.969. The SMILES string of the molecule is CCCCCCCCCCCCCCCCCCCCCC(=O)OCCCCCCCCCCCCCCCCCCCCC(=O)NC(CO)C(O)CCCCCCCCCCCCCCCCCCC. The molecule has 0 aliphatic heterocycles. The van der Waals surface area contributed by atoms with Crippen LogP contribution in [0.4, 0.5) is 0 Å². The molecule has 0 radical (unpaired) electrons. The Kier molecular flexibility index (Phi) is 60.4. The van der Waals surface area contributed by atoms with Gasteiger partial charge in [0.1, 0.15) is 0 Å². The zero-order chi connectivity index (χ0) is 51.4. The van der Waals surface area contributed by atoms with Crippen LogP contribution in [0.15, 0.2) is 0 Å². The fourth-order valence-corrected chi connectivity index (χ4v) is 10.6. The van der Waals surface area contributed by atoms with Gasteiger partial charge in [0, 0.05) is 12.8 Å². The van der Waals surface area contributed by atoms with Gasteiger partial charge in [-0.15, -0.1) is 0 Å². The number of hydrogen-bond acceptors (Lipinski definition) is 5. The van der Waals surface area contributed by atoms with E-state index in [9.17, 15) is 19.8 Å². The van der Waals surface area contributed by atoms with Crippen molar-refractivity contribution in [3.63, 3.8) is 0 Å². The van der Waals surface area contributed by atoms with Gasteiger partial charge in [0.2, 0.25) is 5.91 Å². The van der Waals surface area contributed by atoms with Crippen LogP contribution in [0.1, 0.15) is 380 Å². The standard InChI is InChI=1S/C65H129NO5/c1-3-5-7-9-11-13-15-17-19-21-22-27-31-35-39-43-47-51-55-59-65(70)71-60-56-52-48-44-40-36-32-28-24-23-26-30-34-38-42-46-50-54-58-64(69)66-62(61-67)63(68)57-53-49-45-41-37-33-29-25-20-18-16-14-12-10-8-6-4-2/h62-63,67-68H,3-61H2,1-2H3,(H,66,69). The van der Waals surface area contributed by atoms with Gasteiger partial charge >= 0.3 is 5.97 Å². The molecule has 3 N–H and O–H groups in total. The third-order valence-corrected chi connectivity index (χ3v) is 15.7. The zero-order valence-corrected chi connectivity index (χ0v) is 48.5. The quantitative estimate of drug-likeness (QED) is 0.0417. The molecule has 0 aromatic rings. The largest absolute Gasteiger partial charge is 0.466 e. The second-order valence-corrected chi connectivity index (χ2v) is 22.8. The lowest BCUT2D eigenvalue weighted by molar-refractivity contribution is -0.143. The molecular formula is C65H129NO5. The number of ether oxygens (including phenoxy) is 1. The molecular weight excluding hydrogens is 875 g/mol. The molecule has 2 unspecified atom stereocenters. The van der Waals surface area contributed by atoms with E-state index in [1.54, 1.807) is 0 Å². The Labute approximate surface area is 445 Å². The van der Waals surface area contributed by atoms with Gasteiger partial charge in [0.25, 0.3) is 0 Å². The maximum atomic E-state index is 12.5. The summed E-state index contributed by atoms with van der Waals surface area (Å²) in [6.45, 7) is 4.99. The molecule has 2 atom stereocenters. The van der Waals surface area contributed by atoms with E-state index in [0.29, 0.717) is 25.9 Å². The first-order valence-electron chi connectivity index (χ1n) is 32.8. The van der Waals surface area contributed by atoms with E-state index >= 15 is 0 Å². The Hall–Kier alpha value is -1.14. The van der Waals surface area contributed by atoms with Gasteiger partial charge in [-0.3, -0.25) is 9.59 Å². The van der Waals surface area contributed by atoms with E-state index in [1.807, 2.05) is 0 Å². The molecule has 0 fully saturated rings. The Morgan fingerprint density at radius 1 is 0.338 bits per heavy atom. The lowest BCUT2D eigenvalue weighted by atomic mass is 10.0. The number of carbonyl (C=O) groups excluding carboxylic acids is 2. The number of aliphatic hydroxyl groups excluding tert-OH is 2. The van der Waals surface area contributed by atoms with Crippen molar-refractivity contribution in [1.82, 2.24) is 5.32 Å². The summed E-state index contributed by atoms with van der Waals surface area (Å²) in [6, 6.07) is -0.544. The topological polar surface area (TPSA) is 95.9 Å². The monoisotopic (exact) mass is 1000 g/mol. The van der Waals surface area contributed by atoms with Gasteiger partial charge in [0.15, 0.2) is 0 Å². The Balaban J connectivity index is 3.37. The van der Waals surface area contributed by atoms with Crippen LogP contribution in [0.3, 0.4) is 0 Å². The van der Waals surface area contributed by atoms with Gasteiger partial charge in [-0.2, -0.15) is 0 Å². The first kappa shape index (κ1) is 69.9. The second-order valence-electron chi connectivity index (χ2n) is 22.8. The van der Waals surface area contributed by atoms with Crippen LogP contribution in [0.25, 0.3) is 0 Å². The average Bonchev–Trinajstić information content (AvgIpc) is 3.37. The normalized spacial score (nSPS) is 12.5. The predicted molar refractivity (Wildman–Crippen MR) is 310 cm³/mol. The van der Waals surface area contributed by atoms with Crippen molar-refractivity contribution in [2.24, 2.45) is 0 Å². The molecule has 424 valence electrons. The molecule has 0 aliphatic carbocycles. The summed E-state index contributed by atoms with van der Waals surface area (Å²) in [5.74, 6) is -0.0212. The average molecular weight is 1000 g/mol. The van der Waals surface area contributed by atoms with Crippen molar-refractivity contribution in [2.75, 3.05) is 13.2 Å². The lowest BCUT2D eigenvalue weighted by Crippen LogP contribution is -2.45. The summed E-state index contributed by atoms with van der Waals surface area (Å²) in [5, 5.41) is 23.3. The minimum Gasteiger partial charge on any atom is -0.466 e. The Morgan fingerprint density at radius 3 is 0.859 bits per heavy atom. The van der Waals surface area contributed by atoms with Crippen molar-refractivity contribution in [2.45, 2.75) is 392 Å². The van der Waals surface area contributed by atoms with Crippen LogP contribution < -0.4 is 5.32 Å². The Bertz CT molecular complexity index is 1020. The molecule has 0 aliphatic rings. The van der Waals surface area contributed by atoms with Gasteiger partial charge in [0.05, 0.1) is 25.4 Å². The molecule has 0 saturated heterocycles. The summed E-state index contributed by atoms with van der Waals surface area (Å²) in [4.78, 5) is 24.6. The zero-order valence-electron chi connectivity index (χ0n) is 48.5. The van der Waals surface area contributed by atoms with Crippen molar-refractivity contribution in [1.29, 1.82) is 0 Å². The summed E-state index contributed by atoms with van der Waals surface area (Å²) in [7, 11) is 0. The molecule has 0 spiro atoms. The highest BCUT2D eigenvalue weighted by Gasteiger charge is 2.20. The van der Waals surface area contributed by atoms with Crippen molar-refractivity contribution in [3.05, 3.63) is 0 Å². The van der Waals surface area contributed by atoms with E-state index in [1.165, 1.54) is 308 Å². The number of rotatable bonds is 62. The molecule has 71 heavy (non-hydrogen) atoms. The minimum atomic E-state index is -0.666. The lowest BCUT2D eigenvalue weighted by Gasteiger charge is -2.22. The van der Waals surface area contributed by atoms with Crippen LogP contribution in [-0.2, 0) is 14.3 Å². The predicted octanol–water partition coefficient (Wildman–Crippen LogP) is 20.6. The highest BCUT2D eigenvalue weighted by atomic mass is 16.5. The molecule has 0 saturated carbocycles. The maximum absolute atomic E-state index is 12.5. The van der Waals surface area contributed by atoms with Crippen molar-refractivity contribution in [3.8, 4) is 0 Å². The summed E-state index contributed by atoms with van der Waals surface area (Å²) >= 11 is 0. The minimum absolute atomic E-state index is 0.0135. The van der Waals surface area contributed by atoms with E-state index in [-0.39, 0.29) is 18.5 Å². The van der Waals surface area contributed by atoms with Crippen molar-refractivity contribution < 1.29 is 24.5 Å². The van der Waals surface area contributed by atoms with Gasteiger partial charge in [-0.05, 0) is 25.7 Å². The first-order chi connectivity index (χ1) is 35.0. The molecule has 1 amide bonds. The fourth-order valence-electron chi connectivity index (χ4n) is 10.6. The van der Waals surface area contributed by atoms with Gasteiger partial charge in [-0.1, -0.05) is 341 Å². The number of hydrogen-bond donors (Lipinski definition) is 3. The van der Waals surface area contributed by atoms with Crippen LogP contribution in [0.5, 0.6) is 0 Å². The Morgan fingerprint density at radius 2 is 0.577 bits per heavy atom. The first-order valence-corrected chi connectivity index (χ1v) is 32.8. The molecule has 0 bridgehead atoms. The van der Waals surface area contributed by atoms with Gasteiger partial charge < -0.3 is 20.3 Å². The van der Waals surface area contributed by atoms with Gasteiger partial charge in [-0.25, -0.2) is 0 Å². The summed E-state index contributed by atoms with van der Waals surface area (Å²) in [6.07, 6.45) is 72.6. The van der Waals surface area contributed by atoms with E-state index in [2.05, 4.69) is 19.2 Å². The van der Waals surface area contributed by atoms with Crippen LogP contribution in [-0.4, -0.2) is 47.4 Å². The molecule has 0 rings (SSSR count). The van der Waals surface area contributed by atoms with E-state index in [0.717, 1.165) is 38.5 Å². The van der Waals surface area contributed by atoms with E-state index in [4.69, 9.17) is 4.74 Å². The number of aliphatic hydroxyl groups is 2. The summed E-state index contributed by atoms with van der Waals surface area (Å²) < 4.78 is 5.51. The third kappa shape index (κ3) is 58.0. The maximum Gasteiger partial charge on any atom is 0.305 e. The molecule has 6 nitrogen and oxygen atoms in total. The van der Waals surface area contributed by atoms with Crippen molar-refractivity contribution >= 4 is 11.9 Å². The number of unbranched alkanes of at least 4 members (excludes halogenated alkanes) is 51. The number of amides is 1. The van der Waals surface area contributed by atoms with Crippen LogP contribution >= 0.6 is 0 Å². The number of esters is 1. The number of nitrogens with one attached hydrogen (secondary N) is 1. The highest BCUT2D eigenvalue weighted by Crippen LogP contribution is 2.19.